The zero-order valence-corrected chi connectivity index (χ0v) is 15.9. The van der Waals surface area contributed by atoms with Crippen LogP contribution in [0.5, 0.6) is 0 Å². The molecule has 2 aromatic carbocycles. The molecule has 0 saturated heterocycles. The average Bonchev–Trinajstić information content (AvgIpc) is 3.52. The Bertz CT molecular complexity index is 1320. The van der Waals surface area contributed by atoms with E-state index in [0.717, 1.165) is 33.8 Å². The lowest BCUT2D eigenvalue weighted by Crippen LogP contribution is -2.46. The Labute approximate surface area is 170 Å². The fraction of sp³-hybridized carbons (Fsp3) is 0.364. The van der Waals surface area contributed by atoms with Crippen LogP contribution in [0.1, 0.15) is 29.5 Å². The summed E-state index contributed by atoms with van der Waals surface area (Å²) in [6.45, 7) is 0. The molecule has 4 aromatic rings. The maximum atomic E-state index is 15.2. The van der Waals surface area contributed by atoms with Gasteiger partial charge >= 0.3 is 0 Å². The summed E-state index contributed by atoms with van der Waals surface area (Å²) in [5.41, 5.74) is 3.99. The number of rotatable bonds is 1. The molecule has 2 fully saturated rings. The fourth-order valence-electron chi connectivity index (χ4n) is 6.54. The van der Waals surface area contributed by atoms with E-state index in [1.807, 2.05) is 12.1 Å². The predicted molar refractivity (Wildman–Crippen MR) is 108 cm³/mol. The molecule has 2 aliphatic carbocycles. The molecule has 2 bridgehead atoms. The molecule has 3 aliphatic rings. The van der Waals surface area contributed by atoms with E-state index in [9.17, 15) is 10.2 Å². The topological polar surface area (TPSA) is 110 Å². The number of H-pyrrole nitrogens is 2. The molecule has 7 atom stereocenters. The molecule has 1 aliphatic heterocycles. The SMILES string of the molecule is OC1C2CC([C@@H]1O)[C@H]1[C@H](c3ccc4[nH]ncc4c3)Nc3c(F)cc4[nH]ncc4c3[C@@H]21. The van der Waals surface area contributed by atoms with Gasteiger partial charge in [0, 0.05) is 16.8 Å². The van der Waals surface area contributed by atoms with Gasteiger partial charge in [-0.25, -0.2) is 4.39 Å². The summed E-state index contributed by atoms with van der Waals surface area (Å²) in [6.07, 6.45) is 2.71. The maximum Gasteiger partial charge on any atom is 0.148 e. The van der Waals surface area contributed by atoms with Gasteiger partial charge in [0.15, 0.2) is 0 Å². The third-order valence-corrected chi connectivity index (χ3v) is 7.72. The van der Waals surface area contributed by atoms with E-state index in [1.165, 1.54) is 6.07 Å². The molecule has 8 heteroatoms. The normalized spacial score (nSPS) is 34.3. The van der Waals surface area contributed by atoms with E-state index in [2.05, 4.69) is 31.8 Å². The molecule has 2 aromatic heterocycles. The van der Waals surface area contributed by atoms with Crippen LogP contribution in [0.2, 0.25) is 0 Å². The molecule has 2 saturated carbocycles. The predicted octanol–water partition coefficient (Wildman–Crippen LogP) is 2.82. The van der Waals surface area contributed by atoms with Gasteiger partial charge in [0.2, 0.25) is 0 Å². The third kappa shape index (κ3) is 1.95. The summed E-state index contributed by atoms with van der Waals surface area (Å²) in [7, 11) is 0. The Morgan fingerprint density at radius 3 is 2.67 bits per heavy atom. The van der Waals surface area contributed by atoms with Crippen LogP contribution >= 0.6 is 0 Å². The van der Waals surface area contributed by atoms with Gasteiger partial charge in [-0.1, -0.05) is 6.07 Å². The van der Waals surface area contributed by atoms with E-state index < -0.39 is 12.2 Å². The van der Waals surface area contributed by atoms with Crippen molar-refractivity contribution in [3.63, 3.8) is 0 Å². The minimum atomic E-state index is -0.788. The lowest BCUT2D eigenvalue weighted by Gasteiger charge is -2.46. The van der Waals surface area contributed by atoms with E-state index in [0.29, 0.717) is 11.2 Å². The Hall–Kier alpha value is -2.97. The van der Waals surface area contributed by atoms with Crippen LogP contribution in [-0.4, -0.2) is 42.8 Å². The van der Waals surface area contributed by atoms with Crippen LogP contribution in [0.4, 0.5) is 10.1 Å². The number of aliphatic hydroxyl groups excluding tert-OH is 2. The molecule has 5 N–H and O–H groups in total. The Morgan fingerprint density at radius 1 is 0.967 bits per heavy atom. The lowest BCUT2D eigenvalue weighted by molar-refractivity contribution is -0.0466. The number of nitrogens with zero attached hydrogens (tertiary/aromatic N) is 2. The van der Waals surface area contributed by atoms with Crippen molar-refractivity contribution in [3.05, 3.63) is 53.6 Å². The van der Waals surface area contributed by atoms with Gasteiger partial charge in [0.25, 0.3) is 0 Å². The molecule has 0 radical (unpaired) electrons. The third-order valence-electron chi connectivity index (χ3n) is 7.72. The molecular weight excluding hydrogens is 385 g/mol. The standard InChI is InChI=1S/C22H20FN5O2/c23-13-5-15-12(7-25-28-15)18-16-10-4-11(22(30)21(10)29)17(16)19(26-20(13)18)8-1-2-14-9(3-8)6-24-27-14/h1-3,5-7,10-11,16-17,19,21-22,26,29-30H,4H2,(H,24,27)(H,25,28)/t10?,11?,16-,17+,19-,21?,22-/m0/s1. The van der Waals surface area contributed by atoms with Crippen molar-refractivity contribution >= 4 is 27.5 Å². The van der Waals surface area contributed by atoms with E-state index >= 15 is 4.39 Å². The maximum absolute atomic E-state index is 15.2. The molecule has 152 valence electrons. The molecule has 7 rings (SSSR count). The number of aromatic nitrogens is 4. The van der Waals surface area contributed by atoms with Crippen LogP contribution in [-0.2, 0) is 0 Å². The van der Waals surface area contributed by atoms with Crippen molar-refractivity contribution in [1.29, 1.82) is 0 Å². The molecule has 3 unspecified atom stereocenters. The zero-order valence-electron chi connectivity index (χ0n) is 15.9. The first-order chi connectivity index (χ1) is 14.6. The first kappa shape index (κ1) is 16.8. The van der Waals surface area contributed by atoms with Crippen LogP contribution < -0.4 is 5.32 Å². The van der Waals surface area contributed by atoms with Crippen LogP contribution in [0.3, 0.4) is 0 Å². The highest BCUT2D eigenvalue weighted by Gasteiger charge is 2.62. The quantitative estimate of drug-likeness (QED) is 0.335. The number of fused-ring (bicyclic) bond motifs is 10. The van der Waals surface area contributed by atoms with Crippen LogP contribution in [0.25, 0.3) is 21.8 Å². The van der Waals surface area contributed by atoms with Crippen molar-refractivity contribution in [3.8, 4) is 0 Å². The van der Waals surface area contributed by atoms with E-state index in [-0.39, 0.29) is 35.5 Å². The molecule has 7 nitrogen and oxygen atoms in total. The fourth-order valence-corrected chi connectivity index (χ4v) is 6.54. The lowest BCUT2D eigenvalue weighted by atomic mass is 9.65. The smallest absolute Gasteiger partial charge is 0.148 e. The second-order valence-electron chi connectivity index (χ2n) is 8.96. The summed E-state index contributed by atoms with van der Waals surface area (Å²) in [5.74, 6) is -0.482. The number of hydrogen-bond donors (Lipinski definition) is 5. The van der Waals surface area contributed by atoms with Gasteiger partial charge in [-0.05, 0) is 53.4 Å². The first-order valence-electron chi connectivity index (χ1n) is 10.3. The highest BCUT2D eigenvalue weighted by atomic mass is 19.1. The van der Waals surface area contributed by atoms with Gasteiger partial charge < -0.3 is 15.5 Å². The average molecular weight is 405 g/mol. The largest absolute Gasteiger partial charge is 0.390 e. The van der Waals surface area contributed by atoms with Crippen LogP contribution in [0.15, 0.2) is 36.7 Å². The number of aromatic amines is 2. The highest BCUT2D eigenvalue weighted by Crippen LogP contribution is 2.64. The minimum absolute atomic E-state index is 0.0464. The summed E-state index contributed by atoms with van der Waals surface area (Å²) >= 11 is 0. The number of halogens is 1. The summed E-state index contributed by atoms with van der Waals surface area (Å²) in [6, 6.07) is 7.39. The van der Waals surface area contributed by atoms with Crippen molar-refractivity contribution in [2.75, 3.05) is 5.32 Å². The Morgan fingerprint density at radius 2 is 1.77 bits per heavy atom. The van der Waals surface area contributed by atoms with Crippen molar-refractivity contribution < 1.29 is 14.6 Å². The number of hydrogen-bond acceptors (Lipinski definition) is 5. The van der Waals surface area contributed by atoms with E-state index in [4.69, 9.17) is 0 Å². The summed E-state index contributed by atoms with van der Waals surface area (Å²) in [4.78, 5) is 0. The molecular formula is C22H20FN5O2. The van der Waals surface area contributed by atoms with E-state index in [1.54, 1.807) is 12.4 Å². The zero-order chi connectivity index (χ0) is 20.1. The van der Waals surface area contributed by atoms with Gasteiger partial charge in [0.05, 0.1) is 47.4 Å². The molecule has 0 amide bonds. The monoisotopic (exact) mass is 405 g/mol. The van der Waals surface area contributed by atoms with Gasteiger partial charge in [-0.15, -0.1) is 0 Å². The molecule has 0 spiro atoms. The Kier molecular flexibility index (Phi) is 3.13. The summed E-state index contributed by atoms with van der Waals surface area (Å²) < 4.78 is 15.2. The van der Waals surface area contributed by atoms with Gasteiger partial charge in [-0.3, -0.25) is 10.2 Å². The van der Waals surface area contributed by atoms with Gasteiger partial charge in [-0.2, -0.15) is 10.2 Å². The molecule has 30 heavy (non-hydrogen) atoms. The Balaban J connectivity index is 1.47. The van der Waals surface area contributed by atoms with Crippen LogP contribution in [0, 0.1) is 23.6 Å². The van der Waals surface area contributed by atoms with Crippen molar-refractivity contribution in [1.82, 2.24) is 20.4 Å². The summed E-state index contributed by atoms with van der Waals surface area (Å²) in [5, 5.41) is 40.8. The minimum Gasteiger partial charge on any atom is -0.390 e. The van der Waals surface area contributed by atoms with Crippen molar-refractivity contribution in [2.45, 2.75) is 30.6 Å². The number of aliphatic hydroxyl groups is 2. The van der Waals surface area contributed by atoms with Gasteiger partial charge in [0.1, 0.15) is 5.82 Å². The highest BCUT2D eigenvalue weighted by molar-refractivity contribution is 5.89. The second kappa shape index (κ2) is 5.59. The number of anilines is 1. The van der Waals surface area contributed by atoms with Crippen molar-refractivity contribution in [2.24, 2.45) is 17.8 Å². The second-order valence-corrected chi connectivity index (χ2v) is 8.96. The first-order valence-corrected chi connectivity index (χ1v) is 10.3. The molecule has 3 heterocycles. The number of benzene rings is 2. The number of nitrogens with one attached hydrogen (secondary N) is 3.